The van der Waals surface area contributed by atoms with Crippen molar-refractivity contribution in [2.24, 2.45) is 0 Å². The first-order valence-electron chi connectivity index (χ1n) is 10.8. The molecule has 2 aliphatic heterocycles. The van der Waals surface area contributed by atoms with Crippen LogP contribution in [0.3, 0.4) is 0 Å². The van der Waals surface area contributed by atoms with Gasteiger partial charge in [-0.15, -0.1) is 0 Å². The Labute approximate surface area is 192 Å². The molecule has 33 heavy (non-hydrogen) atoms. The first-order chi connectivity index (χ1) is 15.9. The lowest BCUT2D eigenvalue weighted by Gasteiger charge is -2.35. The van der Waals surface area contributed by atoms with E-state index in [1.807, 2.05) is 60.7 Å². The topological polar surface area (TPSA) is 78.0 Å². The molecule has 1 fully saturated rings. The maximum atomic E-state index is 13.3. The highest BCUT2D eigenvalue weighted by molar-refractivity contribution is 7.89. The van der Waals surface area contributed by atoms with Crippen LogP contribution in [0.25, 0.3) is 0 Å². The zero-order chi connectivity index (χ0) is 23.0. The van der Waals surface area contributed by atoms with Gasteiger partial charge in [-0.1, -0.05) is 48.5 Å². The summed E-state index contributed by atoms with van der Waals surface area (Å²) < 4.78 is 28.0. The number of benzene rings is 3. The van der Waals surface area contributed by atoms with E-state index in [1.54, 1.807) is 0 Å². The molecule has 3 aromatic rings. The van der Waals surface area contributed by atoms with Crippen LogP contribution in [0.1, 0.15) is 26.3 Å². The molecule has 0 bridgehead atoms. The first-order valence-corrected chi connectivity index (χ1v) is 12.2. The van der Waals surface area contributed by atoms with Crippen molar-refractivity contribution in [3.05, 3.63) is 95.6 Å². The van der Waals surface area contributed by atoms with Crippen molar-refractivity contribution in [1.29, 1.82) is 0 Å². The lowest BCUT2D eigenvalue weighted by Crippen LogP contribution is -2.48. The number of piperazine rings is 1. The molecule has 2 amide bonds. The SMILES string of the molecule is O=C1c2ccc(S(=O)(=O)N3CCN(c4ccccc4)CC3)cc2C(=O)N1Cc1ccccc1. The number of anilines is 1. The van der Waals surface area contributed by atoms with Gasteiger partial charge in [-0.2, -0.15) is 4.31 Å². The minimum absolute atomic E-state index is 0.0390. The number of sulfonamides is 1. The van der Waals surface area contributed by atoms with Crippen LogP contribution in [0.15, 0.2) is 83.8 Å². The van der Waals surface area contributed by atoms with Gasteiger partial charge in [0.2, 0.25) is 10.0 Å². The Kier molecular flexibility index (Phi) is 5.47. The maximum Gasteiger partial charge on any atom is 0.261 e. The average Bonchev–Trinajstić information content (AvgIpc) is 3.09. The number of hydrogen-bond acceptors (Lipinski definition) is 5. The molecule has 0 atom stereocenters. The number of para-hydroxylation sites is 1. The van der Waals surface area contributed by atoms with E-state index in [9.17, 15) is 18.0 Å². The second kappa shape index (κ2) is 8.46. The van der Waals surface area contributed by atoms with E-state index in [0.717, 1.165) is 16.2 Å². The van der Waals surface area contributed by atoms with Crippen LogP contribution in [0.5, 0.6) is 0 Å². The Morgan fingerprint density at radius 3 is 1.97 bits per heavy atom. The fourth-order valence-corrected chi connectivity index (χ4v) is 5.76. The van der Waals surface area contributed by atoms with Crippen molar-refractivity contribution in [2.45, 2.75) is 11.4 Å². The molecule has 0 saturated carbocycles. The van der Waals surface area contributed by atoms with Gasteiger partial charge in [-0.05, 0) is 35.9 Å². The smallest absolute Gasteiger partial charge is 0.261 e. The fourth-order valence-electron chi connectivity index (χ4n) is 4.31. The summed E-state index contributed by atoms with van der Waals surface area (Å²) >= 11 is 0. The van der Waals surface area contributed by atoms with Crippen molar-refractivity contribution in [1.82, 2.24) is 9.21 Å². The predicted octanol–water partition coefficient (Wildman–Crippen LogP) is 2.99. The molecule has 5 rings (SSSR count). The standard InChI is InChI=1S/C25H23N3O4S/c29-24-22-12-11-21(17-23(22)25(30)28(24)18-19-7-3-1-4-8-19)33(31,32)27-15-13-26(14-16-27)20-9-5-2-6-10-20/h1-12,17H,13-16,18H2. The van der Waals surface area contributed by atoms with Gasteiger partial charge in [-0.3, -0.25) is 14.5 Å². The minimum atomic E-state index is -3.78. The molecule has 1 saturated heterocycles. The van der Waals surface area contributed by atoms with E-state index in [-0.39, 0.29) is 22.6 Å². The van der Waals surface area contributed by atoms with Gasteiger partial charge >= 0.3 is 0 Å². The molecule has 2 heterocycles. The summed E-state index contributed by atoms with van der Waals surface area (Å²) in [5.41, 5.74) is 2.27. The number of amides is 2. The van der Waals surface area contributed by atoms with Gasteiger partial charge in [0, 0.05) is 31.9 Å². The zero-order valence-corrected chi connectivity index (χ0v) is 18.7. The molecule has 0 aliphatic carbocycles. The second-order valence-electron chi connectivity index (χ2n) is 8.12. The van der Waals surface area contributed by atoms with Crippen LogP contribution in [0, 0.1) is 0 Å². The monoisotopic (exact) mass is 461 g/mol. The minimum Gasteiger partial charge on any atom is -0.369 e. The van der Waals surface area contributed by atoms with Crippen LogP contribution < -0.4 is 4.90 Å². The third-order valence-corrected chi connectivity index (χ3v) is 8.02. The van der Waals surface area contributed by atoms with E-state index >= 15 is 0 Å². The molecular formula is C25H23N3O4S. The van der Waals surface area contributed by atoms with Crippen molar-refractivity contribution in [3.63, 3.8) is 0 Å². The predicted molar refractivity (Wildman–Crippen MR) is 125 cm³/mol. The third-order valence-electron chi connectivity index (χ3n) is 6.12. The van der Waals surface area contributed by atoms with Crippen LogP contribution in [0.4, 0.5) is 5.69 Å². The highest BCUT2D eigenvalue weighted by Gasteiger charge is 2.37. The van der Waals surface area contributed by atoms with E-state index in [4.69, 9.17) is 0 Å². The van der Waals surface area contributed by atoms with Gasteiger partial charge in [0.05, 0.1) is 22.6 Å². The fraction of sp³-hybridized carbons (Fsp3) is 0.200. The largest absolute Gasteiger partial charge is 0.369 e. The number of carbonyl (C=O) groups excluding carboxylic acids is 2. The lowest BCUT2D eigenvalue weighted by molar-refractivity contribution is 0.0642. The molecule has 0 spiro atoms. The number of rotatable bonds is 5. The van der Waals surface area contributed by atoms with Crippen LogP contribution in [0.2, 0.25) is 0 Å². The molecule has 3 aromatic carbocycles. The third kappa shape index (κ3) is 3.92. The highest BCUT2D eigenvalue weighted by atomic mass is 32.2. The molecule has 0 unspecified atom stereocenters. The normalized spacial score (nSPS) is 16.8. The summed E-state index contributed by atoms with van der Waals surface area (Å²) in [5, 5.41) is 0. The number of hydrogen-bond donors (Lipinski definition) is 0. The van der Waals surface area contributed by atoms with Crippen LogP contribution in [-0.2, 0) is 16.6 Å². The highest BCUT2D eigenvalue weighted by Crippen LogP contribution is 2.29. The van der Waals surface area contributed by atoms with E-state index in [2.05, 4.69) is 4.90 Å². The van der Waals surface area contributed by atoms with Crippen molar-refractivity contribution in [3.8, 4) is 0 Å². The molecule has 0 aromatic heterocycles. The van der Waals surface area contributed by atoms with Gasteiger partial charge in [0.25, 0.3) is 11.8 Å². The lowest BCUT2D eigenvalue weighted by atomic mass is 10.1. The molecule has 7 nitrogen and oxygen atoms in total. The molecular weight excluding hydrogens is 438 g/mol. The van der Waals surface area contributed by atoms with Gasteiger partial charge in [0.15, 0.2) is 0 Å². The van der Waals surface area contributed by atoms with Crippen molar-refractivity contribution >= 4 is 27.5 Å². The van der Waals surface area contributed by atoms with Crippen LogP contribution in [-0.4, -0.2) is 55.6 Å². The average molecular weight is 462 g/mol. The van der Waals surface area contributed by atoms with E-state index < -0.39 is 21.8 Å². The summed E-state index contributed by atoms with van der Waals surface area (Å²) in [5.74, 6) is -0.871. The maximum absolute atomic E-state index is 13.3. The van der Waals surface area contributed by atoms with E-state index in [0.29, 0.717) is 26.2 Å². The Hall–Kier alpha value is -3.49. The summed E-state index contributed by atoms with van der Waals surface area (Å²) in [6, 6.07) is 23.3. The Morgan fingerprint density at radius 2 is 1.30 bits per heavy atom. The zero-order valence-electron chi connectivity index (χ0n) is 17.9. The summed E-state index contributed by atoms with van der Waals surface area (Å²) in [6.45, 7) is 2.01. The molecule has 2 aliphatic rings. The molecule has 0 radical (unpaired) electrons. The number of fused-ring (bicyclic) bond motifs is 1. The Bertz CT molecular complexity index is 1300. The van der Waals surface area contributed by atoms with Gasteiger partial charge in [-0.25, -0.2) is 8.42 Å². The quantitative estimate of drug-likeness (QED) is 0.546. The summed E-state index contributed by atoms with van der Waals surface area (Å²) in [4.78, 5) is 29.1. The van der Waals surface area contributed by atoms with E-state index in [1.165, 1.54) is 22.5 Å². The summed E-state index contributed by atoms with van der Waals surface area (Å²) in [7, 11) is -3.78. The van der Waals surface area contributed by atoms with Crippen molar-refractivity contribution < 1.29 is 18.0 Å². The van der Waals surface area contributed by atoms with Gasteiger partial charge < -0.3 is 4.90 Å². The first kappa shape index (κ1) is 21.4. The van der Waals surface area contributed by atoms with Crippen LogP contribution >= 0.6 is 0 Å². The number of imide groups is 1. The second-order valence-corrected chi connectivity index (χ2v) is 10.1. The van der Waals surface area contributed by atoms with Gasteiger partial charge in [0.1, 0.15) is 0 Å². The van der Waals surface area contributed by atoms with Crippen molar-refractivity contribution in [2.75, 3.05) is 31.1 Å². The summed E-state index contributed by atoms with van der Waals surface area (Å²) in [6.07, 6.45) is 0. The Morgan fingerprint density at radius 1 is 0.697 bits per heavy atom. The molecule has 8 heteroatoms. The Balaban J connectivity index is 1.34. The molecule has 0 N–H and O–H groups in total. The molecule has 168 valence electrons. The number of carbonyl (C=O) groups is 2. The number of nitrogens with zero attached hydrogens (tertiary/aromatic N) is 3.